The van der Waals surface area contributed by atoms with Gasteiger partial charge >= 0.3 is 5.97 Å². The average Bonchev–Trinajstić information content (AvgIpc) is 2.41. The van der Waals surface area contributed by atoms with Gasteiger partial charge in [0, 0.05) is 19.2 Å². The molecule has 1 rings (SSSR count). The predicted molar refractivity (Wildman–Crippen MR) is 79.1 cm³/mol. The molecule has 0 aromatic heterocycles. The van der Waals surface area contributed by atoms with Gasteiger partial charge in [-0.05, 0) is 19.1 Å². The molecular weight excluding hydrogens is 303 g/mol. The highest BCUT2D eigenvalue weighted by molar-refractivity contribution is 6.43. The first-order valence-corrected chi connectivity index (χ1v) is 6.78. The first-order valence-electron chi connectivity index (χ1n) is 6.02. The van der Waals surface area contributed by atoms with Gasteiger partial charge in [-0.15, -0.1) is 0 Å². The van der Waals surface area contributed by atoms with Crippen molar-refractivity contribution < 1.29 is 14.3 Å². The summed E-state index contributed by atoms with van der Waals surface area (Å²) in [7, 11) is 1.58. The number of hydrogen-bond acceptors (Lipinski definition) is 4. The zero-order valence-corrected chi connectivity index (χ0v) is 12.8. The van der Waals surface area contributed by atoms with Crippen molar-refractivity contribution in [3.63, 3.8) is 0 Å². The standard InChI is InChI=1S/C13H16Cl2N2O3/c1-3-20-11(18)4-5-17(2)13(19)8-6-9(14)12(15)10(16)7-8/h6-7H,3-5,16H2,1-2H3. The molecule has 0 saturated heterocycles. The van der Waals surface area contributed by atoms with Crippen LogP contribution in [0.5, 0.6) is 0 Å². The van der Waals surface area contributed by atoms with Crippen LogP contribution in [0, 0.1) is 0 Å². The van der Waals surface area contributed by atoms with E-state index in [1.807, 2.05) is 0 Å². The Labute approximate surface area is 127 Å². The van der Waals surface area contributed by atoms with E-state index < -0.39 is 0 Å². The van der Waals surface area contributed by atoms with E-state index in [0.29, 0.717) is 12.2 Å². The summed E-state index contributed by atoms with van der Waals surface area (Å²) in [5.41, 5.74) is 6.22. The molecule has 0 aliphatic rings. The second kappa shape index (κ2) is 7.36. The van der Waals surface area contributed by atoms with E-state index in [4.69, 9.17) is 33.7 Å². The minimum atomic E-state index is -0.346. The summed E-state index contributed by atoms with van der Waals surface area (Å²) in [5.74, 6) is -0.639. The molecule has 0 saturated carbocycles. The van der Waals surface area contributed by atoms with E-state index in [0.717, 1.165) is 0 Å². The van der Waals surface area contributed by atoms with E-state index in [9.17, 15) is 9.59 Å². The van der Waals surface area contributed by atoms with Crippen LogP contribution < -0.4 is 5.73 Å². The number of rotatable bonds is 5. The van der Waals surface area contributed by atoms with Gasteiger partial charge in [-0.25, -0.2) is 0 Å². The zero-order chi connectivity index (χ0) is 15.3. The van der Waals surface area contributed by atoms with Crippen LogP contribution in [-0.4, -0.2) is 37.0 Å². The Hall–Kier alpha value is -1.46. The monoisotopic (exact) mass is 318 g/mol. The van der Waals surface area contributed by atoms with Gasteiger partial charge in [0.15, 0.2) is 0 Å². The number of benzene rings is 1. The highest BCUT2D eigenvalue weighted by atomic mass is 35.5. The van der Waals surface area contributed by atoms with Gasteiger partial charge in [0.25, 0.3) is 5.91 Å². The van der Waals surface area contributed by atoms with Crippen molar-refractivity contribution in [2.24, 2.45) is 0 Å². The second-order valence-corrected chi connectivity index (χ2v) is 4.93. The summed E-state index contributed by atoms with van der Waals surface area (Å²) in [6.45, 7) is 2.29. The summed E-state index contributed by atoms with van der Waals surface area (Å²) in [6, 6.07) is 2.90. The third-order valence-corrected chi connectivity index (χ3v) is 3.42. The average molecular weight is 319 g/mol. The minimum Gasteiger partial charge on any atom is -0.466 e. The fourth-order valence-electron chi connectivity index (χ4n) is 1.55. The van der Waals surface area contributed by atoms with Crippen molar-refractivity contribution in [2.75, 3.05) is 25.9 Å². The molecule has 0 spiro atoms. The van der Waals surface area contributed by atoms with Crippen molar-refractivity contribution in [3.8, 4) is 0 Å². The molecule has 1 aromatic carbocycles. The van der Waals surface area contributed by atoms with E-state index in [2.05, 4.69) is 0 Å². The van der Waals surface area contributed by atoms with Crippen molar-refractivity contribution in [2.45, 2.75) is 13.3 Å². The van der Waals surface area contributed by atoms with Gasteiger partial charge in [-0.3, -0.25) is 9.59 Å². The van der Waals surface area contributed by atoms with E-state index >= 15 is 0 Å². The third kappa shape index (κ3) is 4.28. The molecule has 1 amide bonds. The lowest BCUT2D eigenvalue weighted by molar-refractivity contribution is -0.143. The quantitative estimate of drug-likeness (QED) is 0.669. The Balaban J connectivity index is 2.72. The lowest BCUT2D eigenvalue weighted by Crippen LogP contribution is -2.29. The van der Waals surface area contributed by atoms with Crippen LogP contribution in [0.15, 0.2) is 12.1 Å². The Kier molecular flexibility index (Phi) is 6.10. The molecule has 20 heavy (non-hydrogen) atoms. The number of carbonyl (C=O) groups excluding carboxylic acids is 2. The van der Waals surface area contributed by atoms with Crippen LogP contribution in [0.25, 0.3) is 0 Å². The smallest absolute Gasteiger partial charge is 0.307 e. The fourth-order valence-corrected chi connectivity index (χ4v) is 1.88. The number of halogens is 2. The predicted octanol–water partition coefficient (Wildman–Crippen LogP) is 2.60. The Bertz CT molecular complexity index is 497. The molecule has 7 heteroatoms. The number of anilines is 1. The van der Waals surface area contributed by atoms with Crippen molar-refractivity contribution in [3.05, 3.63) is 27.7 Å². The maximum atomic E-state index is 12.1. The summed E-state index contributed by atoms with van der Waals surface area (Å²) >= 11 is 11.7. The lowest BCUT2D eigenvalue weighted by Gasteiger charge is -2.17. The molecule has 110 valence electrons. The van der Waals surface area contributed by atoms with Crippen molar-refractivity contribution >= 4 is 40.8 Å². The van der Waals surface area contributed by atoms with E-state index in [-0.39, 0.29) is 40.6 Å². The van der Waals surface area contributed by atoms with Crippen LogP contribution in [0.1, 0.15) is 23.7 Å². The van der Waals surface area contributed by atoms with Gasteiger partial charge in [0.05, 0.1) is 28.8 Å². The molecule has 0 aliphatic carbocycles. The molecule has 0 bridgehead atoms. The minimum absolute atomic E-state index is 0.132. The number of nitrogens with two attached hydrogens (primary N) is 1. The molecule has 5 nitrogen and oxygen atoms in total. The van der Waals surface area contributed by atoms with Crippen molar-refractivity contribution in [1.82, 2.24) is 4.90 Å². The number of ether oxygens (including phenoxy) is 1. The summed E-state index contributed by atoms with van der Waals surface area (Å²) in [4.78, 5) is 24.8. The van der Waals surface area contributed by atoms with Gasteiger partial charge in [-0.2, -0.15) is 0 Å². The molecule has 0 aliphatic heterocycles. The molecular formula is C13H16Cl2N2O3. The third-order valence-electron chi connectivity index (χ3n) is 2.61. The van der Waals surface area contributed by atoms with Crippen LogP contribution in [0.4, 0.5) is 5.69 Å². The number of hydrogen-bond donors (Lipinski definition) is 1. The Morgan fingerprint density at radius 3 is 2.55 bits per heavy atom. The number of amides is 1. The molecule has 1 aromatic rings. The van der Waals surface area contributed by atoms with Gasteiger partial charge < -0.3 is 15.4 Å². The summed E-state index contributed by atoms with van der Waals surface area (Å²) in [6.07, 6.45) is 0.132. The van der Waals surface area contributed by atoms with Gasteiger partial charge in [0.2, 0.25) is 0 Å². The number of esters is 1. The molecule has 0 radical (unpaired) electrons. The maximum Gasteiger partial charge on any atom is 0.307 e. The van der Waals surface area contributed by atoms with Crippen LogP contribution >= 0.6 is 23.2 Å². The first kappa shape index (κ1) is 16.6. The topological polar surface area (TPSA) is 72.6 Å². The lowest BCUT2D eigenvalue weighted by atomic mass is 10.1. The number of nitrogen functional groups attached to an aromatic ring is 1. The van der Waals surface area contributed by atoms with Gasteiger partial charge in [-0.1, -0.05) is 23.2 Å². The maximum absolute atomic E-state index is 12.1. The zero-order valence-electron chi connectivity index (χ0n) is 11.3. The number of nitrogens with zero attached hydrogens (tertiary/aromatic N) is 1. The SMILES string of the molecule is CCOC(=O)CCN(C)C(=O)c1cc(N)c(Cl)c(Cl)c1. The van der Waals surface area contributed by atoms with Crippen LogP contribution in [0.3, 0.4) is 0 Å². The molecule has 2 N–H and O–H groups in total. The van der Waals surface area contributed by atoms with E-state index in [1.54, 1.807) is 14.0 Å². The Morgan fingerprint density at radius 1 is 1.35 bits per heavy atom. The van der Waals surface area contributed by atoms with E-state index in [1.165, 1.54) is 17.0 Å². The summed E-state index contributed by atoms with van der Waals surface area (Å²) < 4.78 is 4.80. The Morgan fingerprint density at radius 2 is 2.00 bits per heavy atom. The number of carbonyl (C=O) groups is 2. The molecule has 0 unspecified atom stereocenters. The van der Waals surface area contributed by atoms with Crippen molar-refractivity contribution in [1.29, 1.82) is 0 Å². The highest BCUT2D eigenvalue weighted by Gasteiger charge is 2.16. The van der Waals surface area contributed by atoms with Crippen LogP contribution in [-0.2, 0) is 9.53 Å². The molecule has 0 heterocycles. The van der Waals surface area contributed by atoms with Crippen LogP contribution in [0.2, 0.25) is 10.0 Å². The molecule has 0 fully saturated rings. The second-order valence-electron chi connectivity index (χ2n) is 4.14. The highest BCUT2D eigenvalue weighted by Crippen LogP contribution is 2.29. The first-order chi connectivity index (χ1) is 9.36. The van der Waals surface area contributed by atoms with Gasteiger partial charge in [0.1, 0.15) is 0 Å². The normalized spacial score (nSPS) is 10.2. The largest absolute Gasteiger partial charge is 0.466 e. The fraction of sp³-hybridized carbons (Fsp3) is 0.385. The molecule has 0 atom stereocenters. The summed E-state index contributed by atoms with van der Waals surface area (Å²) in [5, 5.41) is 0.436.